The second kappa shape index (κ2) is 8.27. The second-order valence-corrected chi connectivity index (χ2v) is 7.08. The predicted octanol–water partition coefficient (Wildman–Crippen LogP) is 6.27. The highest BCUT2D eigenvalue weighted by Gasteiger charge is 2.16. The zero-order chi connectivity index (χ0) is 17.6. The maximum atomic E-state index is 6.05. The fraction of sp³-hybridized carbons (Fsp3) is 0.435. The maximum Gasteiger partial charge on any atom is 0.127 e. The van der Waals surface area contributed by atoms with Crippen LogP contribution in [0.15, 0.2) is 53.8 Å². The fourth-order valence-electron chi connectivity index (χ4n) is 3.47. The van der Waals surface area contributed by atoms with Gasteiger partial charge in [0.05, 0.1) is 6.61 Å². The third-order valence-corrected chi connectivity index (χ3v) is 4.95. The Bertz CT molecular complexity index is 734. The normalized spacial score (nSPS) is 17.4. The first-order valence-corrected chi connectivity index (χ1v) is 9.49. The quantitative estimate of drug-likeness (QED) is 0.488. The van der Waals surface area contributed by atoms with Gasteiger partial charge in [-0.2, -0.15) is 0 Å². The van der Waals surface area contributed by atoms with Crippen LogP contribution in [0.1, 0.15) is 57.9 Å². The summed E-state index contributed by atoms with van der Waals surface area (Å²) >= 11 is 0. The molecule has 0 aromatic heterocycles. The van der Waals surface area contributed by atoms with Crippen molar-refractivity contribution in [2.24, 2.45) is 0 Å². The van der Waals surface area contributed by atoms with E-state index in [2.05, 4.69) is 55.7 Å². The average molecular weight is 335 g/mol. The molecule has 0 spiro atoms. The minimum atomic E-state index is 0.309. The van der Waals surface area contributed by atoms with Crippen molar-refractivity contribution in [2.75, 3.05) is 11.9 Å². The van der Waals surface area contributed by atoms with Crippen LogP contribution in [0.3, 0.4) is 0 Å². The van der Waals surface area contributed by atoms with Gasteiger partial charge in [-0.3, -0.25) is 0 Å². The summed E-state index contributed by atoms with van der Waals surface area (Å²) in [5.41, 5.74) is 10.0. The molecule has 1 aromatic rings. The van der Waals surface area contributed by atoms with Gasteiger partial charge in [-0.15, -0.1) is 12.3 Å². The standard InChI is InChI=1S/C23H29NO/c1-4-6-7-20(5-2)24-21-10-11-23-22(16-21)19-9-8-17(3)14-18(15-19)12-13-25-23/h5,8,10-11,16,20,24H,2,4,6-7,9,12-14H2,1,3H3. The van der Waals surface area contributed by atoms with Crippen molar-refractivity contribution in [3.8, 4) is 5.75 Å². The summed E-state index contributed by atoms with van der Waals surface area (Å²) in [6, 6.07) is 6.74. The van der Waals surface area contributed by atoms with Crippen LogP contribution in [-0.2, 0) is 0 Å². The first kappa shape index (κ1) is 17.6. The molecule has 0 saturated carbocycles. The third kappa shape index (κ3) is 4.46. The SMILES string of the molecule is C=CC(CCCC)Nc1ccc2c(c1)C1=C=C(CCO2)CC(C)=CC1. The van der Waals surface area contributed by atoms with Crippen molar-refractivity contribution in [3.05, 3.63) is 59.4 Å². The minimum Gasteiger partial charge on any atom is -0.493 e. The monoisotopic (exact) mass is 335 g/mol. The molecule has 0 saturated heterocycles. The average Bonchev–Trinajstić information content (AvgIpc) is 2.80. The number of unbranched alkanes of at least 4 members (excludes halogenated alkanes) is 1. The lowest BCUT2D eigenvalue weighted by molar-refractivity contribution is 0.319. The maximum absolute atomic E-state index is 6.05. The molecule has 0 fully saturated rings. The Hall–Kier alpha value is -2.18. The van der Waals surface area contributed by atoms with Crippen LogP contribution < -0.4 is 10.1 Å². The zero-order valence-corrected chi connectivity index (χ0v) is 15.5. The summed E-state index contributed by atoms with van der Waals surface area (Å²) in [7, 11) is 0. The number of ether oxygens (including phenoxy) is 1. The largest absolute Gasteiger partial charge is 0.493 e. The topological polar surface area (TPSA) is 21.3 Å². The highest BCUT2D eigenvalue weighted by atomic mass is 16.5. The molecule has 2 aliphatic rings. The molecule has 132 valence electrons. The van der Waals surface area contributed by atoms with E-state index in [0.717, 1.165) is 43.7 Å². The Balaban J connectivity index is 1.91. The third-order valence-electron chi connectivity index (χ3n) is 4.95. The Morgan fingerprint density at radius 2 is 2.28 bits per heavy atom. The molecule has 2 heteroatoms. The van der Waals surface area contributed by atoms with Crippen molar-refractivity contribution in [2.45, 2.75) is 58.4 Å². The van der Waals surface area contributed by atoms with E-state index in [1.807, 2.05) is 6.08 Å². The van der Waals surface area contributed by atoms with E-state index in [4.69, 9.17) is 4.74 Å². The van der Waals surface area contributed by atoms with E-state index in [0.29, 0.717) is 6.04 Å². The van der Waals surface area contributed by atoms with E-state index in [-0.39, 0.29) is 0 Å². The van der Waals surface area contributed by atoms with Crippen LogP contribution in [-0.4, -0.2) is 12.6 Å². The number of benzene rings is 1. The van der Waals surface area contributed by atoms with Gasteiger partial charge >= 0.3 is 0 Å². The number of allylic oxidation sites excluding steroid dienone is 2. The van der Waals surface area contributed by atoms with Crippen LogP contribution >= 0.6 is 0 Å². The van der Waals surface area contributed by atoms with Gasteiger partial charge in [-0.05, 0) is 50.0 Å². The fourth-order valence-corrected chi connectivity index (χ4v) is 3.47. The van der Waals surface area contributed by atoms with E-state index in [1.165, 1.54) is 35.1 Å². The number of hydrogen-bond acceptors (Lipinski definition) is 2. The predicted molar refractivity (Wildman–Crippen MR) is 107 cm³/mol. The zero-order valence-electron chi connectivity index (χ0n) is 15.5. The number of hydrogen-bond donors (Lipinski definition) is 1. The molecule has 25 heavy (non-hydrogen) atoms. The van der Waals surface area contributed by atoms with Crippen LogP contribution in [0.4, 0.5) is 5.69 Å². The highest BCUT2D eigenvalue weighted by Crippen LogP contribution is 2.35. The molecule has 3 rings (SSSR count). The lowest BCUT2D eigenvalue weighted by Crippen LogP contribution is -2.16. The van der Waals surface area contributed by atoms with Crippen LogP contribution in [0, 0.1) is 0 Å². The Morgan fingerprint density at radius 1 is 1.40 bits per heavy atom. The van der Waals surface area contributed by atoms with Crippen molar-refractivity contribution in [1.82, 2.24) is 0 Å². The van der Waals surface area contributed by atoms with Gasteiger partial charge in [0.25, 0.3) is 0 Å². The Morgan fingerprint density at radius 3 is 3.08 bits per heavy atom. The summed E-state index contributed by atoms with van der Waals surface area (Å²) in [6.45, 7) is 9.15. The molecule has 1 aromatic carbocycles. The van der Waals surface area contributed by atoms with Gasteiger partial charge in [0.15, 0.2) is 0 Å². The molecule has 0 radical (unpaired) electrons. The van der Waals surface area contributed by atoms with Gasteiger partial charge in [0.2, 0.25) is 0 Å². The Labute approximate surface area is 152 Å². The minimum absolute atomic E-state index is 0.309. The van der Waals surface area contributed by atoms with Gasteiger partial charge in [-0.25, -0.2) is 0 Å². The van der Waals surface area contributed by atoms with Crippen molar-refractivity contribution in [3.63, 3.8) is 0 Å². The first-order valence-electron chi connectivity index (χ1n) is 9.49. The first-order chi connectivity index (χ1) is 12.2. The van der Waals surface area contributed by atoms with E-state index in [1.54, 1.807) is 0 Å². The molecule has 2 bridgehead atoms. The highest BCUT2D eigenvalue weighted by molar-refractivity contribution is 5.75. The number of anilines is 1. The lowest BCUT2D eigenvalue weighted by Gasteiger charge is -2.19. The van der Waals surface area contributed by atoms with Crippen molar-refractivity contribution < 1.29 is 4.74 Å². The molecule has 1 aliphatic heterocycles. The summed E-state index contributed by atoms with van der Waals surface area (Å²) in [6.07, 6.45) is 10.8. The molecule has 1 heterocycles. The van der Waals surface area contributed by atoms with Gasteiger partial charge < -0.3 is 10.1 Å². The molecule has 2 nitrogen and oxygen atoms in total. The summed E-state index contributed by atoms with van der Waals surface area (Å²) in [4.78, 5) is 0. The molecule has 1 unspecified atom stereocenters. The smallest absolute Gasteiger partial charge is 0.127 e. The number of nitrogens with one attached hydrogen (secondary N) is 1. The van der Waals surface area contributed by atoms with E-state index >= 15 is 0 Å². The van der Waals surface area contributed by atoms with Crippen molar-refractivity contribution in [1.29, 1.82) is 0 Å². The summed E-state index contributed by atoms with van der Waals surface area (Å²) in [5, 5.41) is 3.61. The lowest BCUT2D eigenvalue weighted by atomic mass is 9.99. The Kier molecular flexibility index (Phi) is 5.83. The number of fused-ring (bicyclic) bond motifs is 2. The molecule has 1 atom stereocenters. The molecular formula is C23H29NO. The molecule has 0 amide bonds. The van der Waals surface area contributed by atoms with Gasteiger partial charge in [0, 0.05) is 29.3 Å². The summed E-state index contributed by atoms with van der Waals surface area (Å²) in [5.74, 6) is 0.976. The second-order valence-electron chi connectivity index (χ2n) is 7.08. The molecule has 1 aliphatic carbocycles. The number of rotatable bonds is 6. The molecule has 1 N–H and O–H groups in total. The van der Waals surface area contributed by atoms with Crippen LogP contribution in [0.5, 0.6) is 5.75 Å². The van der Waals surface area contributed by atoms with Crippen LogP contribution in [0.2, 0.25) is 0 Å². The summed E-state index contributed by atoms with van der Waals surface area (Å²) < 4.78 is 6.05. The van der Waals surface area contributed by atoms with E-state index < -0.39 is 0 Å². The van der Waals surface area contributed by atoms with Crippen LogP contribution in [0.25, 0.3) is 5.57 Å². The van der Waals surface area contributed by atoms with Gasteiger partial charge in [0.1, 0.15) is 5.75 Å². The van der Waals surface area contributed by atoms with Crippen molar-refractivity contribution >= 4 is 11.3 Å². The van der Waals surface area contributed by atoms with Gasteiger partial charge in [-0.1, -0.05) is 37.5 Å². The molecular weight excluding hydrogens is 306 g/mol. The van der Waals surface area contributed by atoms with E-state index in [9.17, 15) is 0 Å².